The van der Waals surface area contributed by atoms with Crippen molar-refractivity contribution >= 4 is 46.6 Å². The van der Waals surface area contributed by atoms with Crippen LogP contribution in [0.15, 0.2) is 48.8 Å². The van der Waals surface area contributed by atoms with E-state index in [2.05, 4.69) is 30.4 Å². The number of anilines is 2. The van der Waals surface area contributed by atoms with Crippen LogP contribution in [0.3, 0.4) is 0 Å². The molecule has 0 radical (unpaired) electrons. The van der Waals surface area contributed by atoms with Crippen molar-refractivity contribution in [3.63, 3.8) is 0 Å². The van der Waals surface area contributed by atoms with E-state index in [1.807, 2.05) is 12.3 Å². The fraction of sp³-hybridized carbons (Fsp3) is 0.417. The van der Waals surface area contributed by atoms with Crippen LogP contribution in [-0.2, 0) is 26.1 Å². The summed E-state index contributed by atoms with van der Waals surface area (Å²) in [5.41, 5.74) is -0.651. The monoisotopic (exact) mass is 716 g/mol. The molecule has 16 heteroatoms. The van der Waals surface area contributed by atoms with Gasteiger partial charge in [0.15, 0.2) is 5.69 Å². The van der Waals surface area contributed by atoms with Crippen LogP contribution >= 0.6 is 0 Å². The highest BCUT2D eigenvalue weighted by molar-refractivity contribution is 6.23. The molecule has 1 aromatic heterocycles. The van der Waals surface area contributed by atoms with E-state index in [-0.39, 0.29) is 35.6 Å². The van der Waals surface area contributed by atoms with Crippen molar-refractivity contribution in [3.8, 4) is 0 Å². The molecule has 2 aromatic carbocycles. The molecule has 5 amide bonds. The third kappa shape index (κ3) is 6.19. The van der Waals surface area contributed by atoms with Crippen LogP contribution in [0.1, 0.15) is 77.3 Å². The summed E-state index contributed by atoms with van der Waals surface area (Å²) < 4.78 is 41.8. The SMILES string of the molecule is [C-]#[N+]c1ccc(NC(=O)C(C)(C)n2cc(C3CCN(C4CN(c5ccc6c(c5)C(=O)N(C5CCC(=O)NC5=O)C6=O)C4)CC3)cn2)cc1C(F)(F)F. The van der Waals surface area contributed by atoms with E-state index in [1.165, 1.54) is 10.7 Å². The Bertz CT molecular complexity index is 2040. The van der Waals surface area contributed by atoms with Gasteiger partial charge in [0, 0.05) is 43.1 Å². The second-order valence-electron chi connectivity index (χ2n) is 14.1. The second kappa shape index (κ2) is 12.9. The Kier molecular flexibility index (Phi) is 8.64. The van der Waals surface area contributed by atoms with Gasteiger partial charge in [-0.3, -0.25) is 43.8 Å². The molecule has 13 nitrogen and oxygen atoms in total. The minimum absolute atomic E-state index is 0.0601. The Morgan fingerprint density at radius 1 is 0.981 bits per heavy atom. The van der Waals surface area contributed by atoms with Crippen LogP contribution in [0.4, 0.5) is 30.2 Å². The number of benzene rings is 2. The number of likely N-dealkylation sites (tertiary alicyclic amines) is 1. The minimum Gasteiger partial charge on any atom is -0.368 e. The number of carbonyl (C=O) groups excluding carboxylic acids is 5. The van der Waals surface area contributed by atoms with Gasteiger partial charge in [0.05, 0.1) is 29.5 Å². The zero-order chi connectivity index (χ0) is 37.1. The summed E-state index contributed by atoms with van der Waals surface area (Å²) in [7, 11) is 0. The molecule has 270 valence electrons. The lowest BCUT2D eigenvalue weighted by Crippen LogP contribution is -2.60. The Hall–Kier alpha value is -5.56. The molecule has 1 atom stereocenters. The van der Waals surface area contributed by atoms with Crippen molar-refractivity contribution in [2.24, 2.45) is 0 Å². The molecule has 0 bridgehead atoms. The average molecular weight is 717 g/mol. The second-order valence-corrected chi connectivity index (χ2v) is 14.1. The molecule has 3 aromatic rings. The summed E-state index contributed by atoms with van der Waals surface area (Å²) in [6.07, 6.45) is 0.707. The standard InChI is InChI=1S/C36H35F3N8O5/c1-35(2,34(52)42-22-4-7-28(40-3)27(14-22)36(37,38)39)46-17-21(16-41-46)20-10-12-44(13-11-20)24-18-45(19-24)23-5-6-25-26(15-23)33(51)47(32(25)50)29-8-9-30(48)43-31(29)49/h4-7,14-17,20,24,29H,8-13,18-19H2,1-2H3,(H,42,52)(H,43,48,49). The first-order valence-corrected chi connectivity index (χ1v) is 17.0. The maximum absolute atomic E-state index is 13.4. The first kappa shape index (κ1) is 34.9. The van der Waals surface area contributed by atoms with E-state index in [4.69, 9.17) is 6.57 Å². The maximum atomic E-state index is 13.4. The third-order valence-corrected chi connectivity index (χ3v) is 10.6. The number of fused-ring (bicyclic) bond motifs is 1. The summed E-state index contributed by atoms with van der Waals surface area (Å²) in [5.74, 6) is -2.47. The van der Waals surface area contributed by atoms with Crippen LogP contribution in [0, 0.1) is 6.57 Å². The number of carbonyl (C=O) groups is 5. The molecule has 0 aliphatic carbocycles. The van der Waals surface area contributed by atoms with E-state index in [1.54, 1.807) is 32.2 Å². The molecule has 0 spiro atoms. The minimum atomic E-state index is -4.74. The summed E-state index contributed by atoms with van der Waals surface area (Å²) in [6.45, 7) is 13.5. The number of amides is 5. The number of alkyl halides is 3. The molecular formula is C36H35F3N8O5. The van der Waals surface area contributed by atoms with Crippen molar-refractivity contribution in [3.05, 3.63) is 82.5 Å². The maximum Gasteiger partial charge on any atom is 0.407 e. The lowest BCUT2D eigenvalue weighted by Gasteiger charge is -2.48. The van der Waals surface area contributed by atoms with Gasteiger partial charge in [-0.15, -0.1) is 0 Å². The van der Waals surface area contributed by atoms with Crippen molar-refractivity contribution in [1.82, 2.24) is 24.9 Å². The largest absolute Gasteiger partial charge is 0.407 e. The molecular weight excluding hydrogens is 681 g/mol. The molecule has 7 rings (SSSR count). The quantitative estimate of drug-likeness (QED) is 0.273. The van der Waals surface area contributed by atoms with Crippen LogP contribution in [-0.4, -0.2) is 87.4 Å². The average Bonchev–Trinajstić information content (AvgIpc) is 3.68. The van der Waals surface area contributed by atoms with Crippen LogP contribution in [0.5, 0.6) is 0 Å². The molecule has 0 saturated carbocycles. The summed E-state index contributed by atoms with van der Waals surface area (Å²) in [5, 5.41) is 9.19. The highest BCUT2D eigenvalue weighted by Crippen LogP contribution is 2.39. The predicted octanol–water partition coefficient (Wildman–Crippen LogP) is 4.30. The van der Waals surface area contributed by atoms with Crippen molar-refractivity contribution in [2.45, 2.75) is 69.2 Å². The lowest BCUT2D eigenvalue weighted by atomic mass is 9.90. The Morgan fingerprint density at radius 2 is 1.69 bits per heavy atom. The highest BCUT2D eigenvalue weighted by atomic mass is 19.4. The Labute approximate surface area is 296 Å². The molecule has 2 N–H and O–H groups in total. The fourth-order valence-electron chi connectivity index (χ4n) is 7.33. The van der Waals surface area contributed by atoms with E-state index < -0.39 is 58.5 Å². The van der Waals surface area contributed by atoms with E-state index in [0.717, 1.165) is 67.3 Å². The zero-order valence-corrected chi connectivity index (χ0v) is 28.4. The topological polar surface area (TPSA) is 141 Å². The number of nitrogens with one attached hydrogen (secondary N) is 2. The first-order valence-electron chi connectivity index (χ1n) is 17.0. The van der Waals surface area contributed by atoms with Gasteiger partial charge in [-0.2, -0.15) is 18.3 Å². The Morgan fingerprint density at radius 3 is 2.37 bits per heavy atom. The van der Waals surface area contributed by atoms with Gasteiger partial charge in [0.25, 0.3) is 17.7 Å². The molecule has 3 saturated heterocycles. The zero-order valence-electron chi connectivity index (χ0n) is 28.4. The van der Waals surface area contributed by atoms with Crippen molar-refractivity contribution < 1.29 is 37.1 Å². The van der Waals surface area contributed by atoms with E-state index in [0.29, 0.717) is 6.04 Å². The van der Waals surface area contributed by atoms with Gasteiger partial charge in [-0.1, -0.05) is 6.07 Å². The van der Waals surface area contributed by atoms with E-state index in [9.17, 15) is 37.1 Å². The highest BCUT2D eigenvalue weighted by Gasteiger charge is 2.45. The number of rotatable bonds is 7. The van der Waals surface area contributed by atoms with Gasteiger partial charge in [0.1, 0.15) is 11.6 Å². The predicted molar refractivity (Wildman–Crippen MR) is 181 cm³/mol. The summed E-state index contributed by atoms with van der Waals surface area (Å²) >= 11 is 0. The summed E-state index contributed by atoms with van der Waals surface area (Å²) in [4.78, 5) is 71.9. The number of hydrogen-bond donors (Lipinski definition) is 2. The van der Waals surface area contributed by atoms with Crippen molar-refractivity contribution in [2.75, 3.05) is 36.4 Å². The van der Waals surface area contributed by atoms with Crippen LogP contribution in [0.2, 0.25) is 0 Å². The Balaban J connectivity index is 0.925. The molecule has 4 aliphatic heterocycles. The number of aromatic nitrogens is 2. The first-order chi connectivity index (χ1) is 24.6. The number of nitrogens with zero attached hydrogens (tertiary/aromatic N) is 6. The molecule has 1 unspecified atom stereocenters. The van der Waals surface area contributed by atoms with Gasteiger partial charge >= 0.3 is 6.18 Å². The molecule has 3 fully saturated rings. The molecule has 52 heavy (non-hydrogen) atoms. The van der Waals surface area contributed by atoms with E-state index >= 15 is 0 Å². The normalized spacial score (nSPS) is 20.4. The van der Waals surface area contributed by atoms with Gasteiger partial charge in [-0.05, 0) is 88.0 Å². The van der Waals surface area contributed by atoms with Gasteiger partial charge in [0.2, 0.25) is 11.8 Å². The molecule has 5 heterocycles. The van der Waals surface area contributed by atoms with Gasteiger partial charge < -0.3 is 10.2 Å². The number of halogens is 3. The van der Waals surface area contributed by atoms with Gasteiger partial charge in [-0.25, -0.2) is 4.85 Å². The lowest BCUT2D eigenvalue weighted by molar-refractivity contribution is -0.137. The number of piperidine rings is 2. The molecule has 4 aliphatic rings. The number of imide groups is 2. The smallest absolute Gasteiger partial charge is 0.368 e. The van der Waals surface area contributed by atoms with Crippen LogP contribution < -0.4 is 15.5 Å². The number of hydrogen-bond acceptors (Lipinski definition) is 8. The fourth-order valence-corrected chi connectivity index (χ4v) is 7.33. The summed E-state index contributed by atoms with van der Waals surface area (Å²) in [6, 6.07) is 7.50. The third-order valence-electron chi connectivity index (χ3n) is 10.6. The van der Waals surface area contributed by atoms with Crippen LogP contribution in [0.25, 0.3) is 4.85 Å². The van der Waals surface area contributed by atoms with Crippen molar-refractivity contribution in [1.29, 1.82) is 0 Å².